The molecule has 0 aliphatic rings. The van der Waals surface area contributed by atoms with Crippen LogP contribution in [-0.2, 0) is 4.57 Å². The van der Waals surface area contributed by atoms with Gasteiger partial charge in [-0.15, -0.1) is 6.58 Å². The lowest BCUT2D eigenvalue weighted by atomic mass is 9.96. The average Bonchev–Trinajstić information content (AvgIpc) is 2.73. The van der Waals surface area contributed by atoms with Gasteiger partial charge in [0.05, 0.1) is 0 Å². The quantitative estimate of drug-likeness (QED) is 0.370. The zero-order valence-electron chi connectivity index (χ0n) is 15.3. The largest absolute Gasteiger partial charge is 0.297 e. The molecule has 4 heteroatoms. The Bertz CT molecular complexity index is 882. The lowest BCUT2D eigenvalue weighted by Gasteiger charge is -2.30. The van der Waals surface area contributed by atoms with E-state index in [1.165, 1.54) is 0 Å². The van der Waals surface area contributed by atoms with Crippen LogP contribution in [0.2, 0.25) is 0 Å². The maximum Gasteiger partial charge on any atom is 0.205 e. The third-order valence-corrected chi connectivity index (χ3v) is 7.91. The summed E-state index contributed by atoms with van der Waals surface area (Å²) < 4.78 is 15.4. The smallest absolute Gasteiger partial charge is 0.205 e. The van der Waals surface area contributed by atoms with Crippen molar-refractivity contribution in [2.75, 3.05) is 0 Å². The molecule has 0 bridgehead atoms. The normalized spacial score (nSPS) is 13.7. The van der Waals surface area contributed by atoms with E-state index in [2.05, 4.69) is 46.7 Å². The summed E-state index contributed by atoms with van der Waals surface area (Å²) >= 11 is 3.49. The fourth-order valence-corrected chi connectivity index (χ4v) is 5.89. The second-order valence-corrected chi connectivity index (χ2v) is 9.96. The van der Waals surface area contributed by atoms with Gasteiger partial charge in [-0.1, -0.05) is 77.5 Å². The first-order valence-corrected chi connectivity index (χ1v) is 11.4. The molecule has 3 rings (SSSR count). The van der Waals surface area contributed by atoms with E-state index in [1.807, 2.05) is 78.9 Å². The molecule has 0 amide bonds. The summed E-state index contributed by atoms with van der Waals surface area (Å²) in [4.78, 5) is 0. The molecule has 2 nitrogen and oxygen atoms in total. The Kier molecular flexibility index (Phi) is 6.49. The molecule has 2 unspecified atom stereocenters. The minimum absolute atomic E-state index is 0.104. The molecule has 0 heterocycles. The third-order valence-electron chi connectivity index (χ3n) is 4.69. The number of hydrogen-bond acceptors (Lipinski definition) is 1. The van der Waals surface area contributed by atoms with Gasteiger partial charge in [-0.2, -0.15) is 0 Å². The number of benzene rings is 3. The number of nitrogens with one attached hydrogen (secondary N) is 1. The highest BCUT2D eigenvalue weighted by Gasteiger charge is 2.32. The van der Waals surface area contributed by atoms with Crippen LogP contribution in [-0.4, -0.2) is 0 Å². The van der Waals surface area contributed by atoms with E-state index in [-0.39, 0.29) is 12.0 Å². The number of hydrogen-bond donors (Lipinski definition) is 1. The van der Waals surface area contributed by atoms with Gasteiger partial charge in [0.15, 0.2) is 0 Å². The van der Waals surface area contributed by atoms with E-state index in [0.29, 0.717) is 0 Å². The summed E-state index contributed by atoms with van der Waals surface area (Å²) in [6.07, 6.45) is 1.90. The van der Waals surface area contributed by atoms with Crippen LogP contribution in [0.25, 0.3) is 0 Å². The van der Waals surface area contributed by atoms with E-state index < -0.39 is 7.29 Å². The van der Waals surface area contributed by atoms with Crippen molar-refractivity contribution in [3.8, 4) is 0 Å². The van der Waals surface area contributed by atoms with Gasteiger partial charge >= 0.3 is 0 Å². The zero-order valence-corrected chi connectivity index (χ0v) is 17.7. The summed E-state index contributed by atoms with van der Waals surface area (Å²) in [7, 11) is -3.03. The summed E-state index contributed by atoms with van der Waals surface area (Å²) in [5, 5.41) is 5.12. The molecule has 3 aromatic rings. The van der Waals surface area contributed by atoms with Crippen LogP contribution in [0.4, 0.5) is 0 Å². The van der Waals surface area contributed by atoms with Crippen molar-refractivity contribution in [1.82, 2.24) is 5.09 Å². The summed E-state index contributed by atoms with van der Waals surface area (Å²) in [5.41, 5.74) is 1.08. The Morgan fingerprint density at radius 1 is 0.889 bits per heavy atom. The molecular weight excluding hydrogens is 417 g/mol. The Hall–Kier alpha value is -1.93. The molecule has 0 saturated carbocycles. The second-order valence-electron chi connectivity index (χ2n) is 6.53. The Morgan fingerprint density at radius 3 is 1.81 bits per heavy atom. The minimum atomic E-state index is -3.03. The second kappa shape index (κ2) is 8.84. The lowest BCUT2D eigenvalue weighted by Crippen LogP contribution is -2.33. The van der Waals surface area contributed by atoms with Crippen molar-refractivity contribution in [2.45, 2.75) is 13.0 Å². The van der Waals surface area contributed by atoms with Gasteiger partial charge in [0.25, 0.3) is 0 Å². The molecule has 0 aliphatic heterocycles. The van der Waals surface area contributed by atoms with Crippen molar-refractivity contribution < 1.29 is 4.57 Å². The topological polar surface area (TPSA) is 29.1 Å². The van der Waals surface area contributed by atoms with E-state index >= 15 is 0 Å². The molecular formula is C23H23BrNOP. The van der Waals surface area contributed by atoms with Gasteiger partial charge in [0.1, 0.15) is 0 Å². The van der Waals surface area contributed by atoms with Gasteiger partial charge in [-0.3, -0.25) is 9.65 Å². The van der Waals surface area contributed by atoms with Crippen molar-refractivity contribution in [1.29, 1.82) is 0 Å². The highest BCUT2D eigenvalue weighted by atomic mass is 79.9. The molecule has 3 aromatic carbocycles. The third kappa shape index (κ3) is 4.50. The van der Waals surface area contributed by atoms with Gasteiger partial charge in [0.2, 0.25) is 7.29 Å². The molecule has 0 aliphatic carbocycles. The summed E-state index contributed by atoms with van der Waals surface area (Å²) in [6, 6.07) is 27.3. The zero-order chi connectivity index (χ0) is 19.3. The molecule has 0 radical (unpaired) electrons. The van der Waals surface area contributed by atoms with Crippen LogP contribution in [0.1, 0.15) is 18.5 Å². The minimum Gasteiger partial charge on any atom is -0.297 e. The van der Waals surface area contributed by atoms with Crippen LogP contribution < -0.4 is 15.7 Å². The van der Waals surface area contributed by atoms with E-state index in [4.69, 9.17) is 0 Å². The van der Waals surface area contributed by atoms with E-state index in [0.717, 1.165) is 20.6 Å². The van der Waals surface area contributed by atoms with Crippen LogP contribution in [0.3, 0.4) is 0 Å². The molecule has 27 heavy (non-hydrogen) atoms. The van der Waals surface area contributed by atoms with E-state index in [1.54, 1.807) is 0 Å². The number of rotatable bonds is 7. The summed E-state index contributed by atoms with van der Waals surface area (Å²) in [5.74, 6) is 0.104. The SMILES string of the molecule is C=CC(C)C(NP(=O)(c1ccccc1)c1ccccc1)c1ccc(Br)cc1. The first-order chi connectivity index (χ1) is 13.0. The van der Waals surface area contributed by atoms with Crippen molar-refractivity contribution in [3.05, 3.63) is 108 Å². The van der Waals surface area contributed by atoms with Crippen LogP contribution >= 0.6 is 23.2 Å². The van der Waals surface area contributed by atoms with Crippen LogP contribution in [0.5, 0.6) is 0 Å². The van der Waals surface area contributed by atoms with Gasteiger partial charge in [-0.25, -0.2) is 0 Å². The Labute approximate surface area is 169 Å². The molecule has 138 valence electrons. The predicted molar refractivity (Wildman–Crippen MR) is 119 cm³/mol. The molecule has 0 saturated heterocycles. The van der Waals surface area contributed by atoms with Crippen LogP contribution in [0, 0.1) is 5.92 Å². The maximum absolute atomic E-state index is 14.3. The highest BCUT2D eigenvalue weighted by molar-refractivity contribution is 9.10. The standard InChI is InChI=1S/C23H23BrNOP/c1-3-18(2)23(19-14-16-20(24)17-15-19)25-27(26,21-10-6-4-7-11-21)22-12-8-5-9-13-22/h3-18,23H,1H2,2H3,(H,25,26). The number of halogens is 1. The molecule has 1 N–H and O–H groups in total. The first-order valence-electron chi connectivity index (χ1n) is 8.91. The monoisotopic (exact) mass is 439 g/mol. The van der Waals surface area contributed by atoms with E-state index in [9.17, 15) is 4.57 Å². The summed E-state index contributed by atoms with van der Waals surface area (Å²) in [6.45, 7) is 6.05. The molecule has 0 aromatic heterocycles. The lowest BCUT2D eigenvalue weighted by molar-refractivity contribution is 0.505. The fraction of sp³-hybridized carbons (Fsp3) is 0.130. The van der Waals surface area contributed by atoms with Gasteiger partial charge < -0.3 is 0 Å². The van der Waals surface area contributed by atoms with Crippen molar-refractivity contribution in [3.63, 3.8) is 0 Å². The molecule has 0 spiro atoms. The van der Waals surface area contributed by atoms with Crippen LogP contribution in [0.15, 0.2) is 102 Å². The average molecular weight is 440 g/mol. The fourth-order valence-electron chi connectivity index (χ4n) is 3.07. The molecule has 2 atom stereocenters. The van der Waals surface area contributed by atoms with Gasteiger partial charge in [-0.05, 0) is 47.9 Å². The van der Waals surface area contributed by atoms with Gasteiger partial charge in [0, 0.05) is 21.1 Å². The highest BCUT2D eigenvalue weighted by Crippen LogP contribution is 2.43. The Morgan fingerprint density at radius 2 is 1.37 bits per heavy atom. The molecule has 0 fully saturated rings. The first kappa shape index (κ1) is 19.8. The maximum atomic E-state index is 14.3. The predicted octanol–water partition coefficient (Wildman–Crippen LogP) is 5.83. The Balaban J connectivity index is 2.10. The van der Waals surface area contributed by atoms with Crippen molar-refractivity contribution in [2.24, 2.45) is 5.92 Å². The van der Waals surface area contributed by atoms with Crippen molar-refractivity contribution >= 4 is 33.8 Å².